The molecule has 0 aliphatic carbocycles. The summed E-state index contributed by atoms with van der Waals surface area (Å²) in [5.41, 5.74) is 2.99. The number of amides is 1. The molecule has 0 saturated carbocycles. The first-order valence-electron chi connectivity index (χ1n) is 9.41. The van der Waals surface area contributed by atoms with Gasteiger partial charge in [0, 0.05) is 23.9 Å². The zero-order chi connectivity index (χ0) is 23.3. The van der Waals surface area contributed by atoms with Gasteiger partial charge in [0.15, 0.2) is 0 Å². The lowest BCUT2D eigenvalue weighted by Crippen LogP contribution is -2.13. The monoisotopic (exact) mass is 439 g/mol. The molecule has 2 N–H and O–H groups in total. The maximum absolute atomic E-state index is 12.1. The van der Waals surface area contributed by atoms with Gasteiger partial charge in [-0.05, 0) is 41.5 Å². The fourth-order valence-corrected chi connectivity index (χ4v) is 2.64. The Labute approximate surface area is 186 Å². The van der Waals surface area contributed by atoms with Crippen LogP contribution in [0.3, 0.4) is 0 Å². The van der Waals surface area contributed by atoms with Gasteiger partial charge < -0.3 is 24.1 Å². The molecule has 9 nitrogen and oxygen atoms in total. The molecule has 1 amide bonds. The summed E-state index contributed by atoms with van der Waals surface area (Å²) in [6.45, 7) is 0.341. The summed E-state index contributed by atoms with van der Waals surface area (Å²) >= 11 is 0. The van der Waals surface area contributed by atoms with E-state index in [1.165, 1.54) is 6.07 Å². The average Bonchev–Trinajstić information content (AvgIpc) is 2.77. The topological polar surface area (TPSA) is 120 Å². The van der Waals surface area contributed by atoms with Crippen molar-refractivity contribution < 1.29 is 38.4 Å². The number of anilines is 1. The number of carbonyl (C=O) groups excluding carboxylic acids is 3. The van der Waals surface area contributed by atoms with E-state index in [0.29, 0.717) is 29.0 Å². The molecule has 2 radical (unpaired) electrons. The van der Waals surface area contributed by atoms with Crippen molar-refractivity contribution in [2.75, 3.05) is 25.6 Å². The van der Waals surface area contributed by atoms with Gasteiger partial charge in [-0.2, -0.15) is 0 Å². The number of aromatic hydroxyl groups is 1. The molecule has 0 aliphatic heterocycles. The van der Waals surface area contributed by atoms with Crippen molar-refractivity contribution >= 4 is 38.0 Å². The van der Waals surface area contributed by atoms with Gasteiger partial charge in [0.25, 0.3) is 6.47 Å². The molecule has 0 bridgehead atoms. The van der Waals surface area contributed by atoms with Gasteiger partial charge in [-0.25, -0.2) is 4.79 Å². The zero-order valence-electron chi connectivity index (χ0n) is 17.4. The van der Waals surface area contributed by atoms with Crippen LogP contribution in [-0.4, -0.2) is 51.7 Å². The standard InChI is InChI=1S/C22H22BNO8/c1-29-10-16-4-7-20(26)18(9-16)13-32-22(28)24-19-5-2-15(3-6-19)8-17(11-30-14-25)12-31-21(23)27/h2-9,14,26H,10-13H2,1H3,(H,24,28)/b17-8+. The Hall–Kier alpha value is -3.79. The molecule has 0 fully saturated rings. The summed E-state index contributed by atoms with van der Waals surface area (Å²) in [6.07, 6.45) is 0.962. The number of carbonyl (C=O) groups is 3. The largest absolute Gasteiger partial charge is 0.508 e. The molecule has 0 atom stereocenters. The maximum atomic E-state index is 12.1. The summed E-state index contributed by atoms with van der Waals surface area (Å²) in [6, 6.07) is 11.6. The van der Waals surface area contributed by atoms with Crippen LogP contribution < -0.4 is 5.32 Å². The Bertz CT molecular complexity index is 959. The second kappa shape index (κ2) is 12.8. The molecular weight excluding hydrogens is 417 g/mol. The lowest BCUT2D eigenvalue weighted by molar-refractivity contribution is -0.127. The Morgan fingerprint density at radius 3 is 2.47 bits per heavy atom. The van der Waals surface area contributed by atoms with Crippen molar-refractivity contribution in [3.63, 3.8) is 0 Å². The van der Waals surface area contributed by atoms with Crippen LogP contribution >= 0.6 is 0 Å². The number of rotatable bonds is 11. The predicted octanol–water partition coefficient (Wildman–Crippen LogP) is 3.15. The molecule has 0 unspecified atom stereocenters. The number of hydrogen-bond acceptors (Lipinski definition) is 8. The van der Waals surface area contributed by atoms with Crippen molar-refractivity contribution in [1.82, 2.24) is 0 Å². The van der Waals surface area contributed by atoms with E-state index in [2.05, 4.69) is 10.1 Å². The van der Waals surface area contributed by atoms with Crippen LogP contribution in [-0.2, 0) is 37.0 Å². The third kappa shape index (κ3) is 8.53. The normalized spacial score (nSPS) is 10.8. The van der Waals surface area contributed by atoms with Crippen molar-refractivity contribution in [2.45, 2.75) is 13.2 Å². The summed E-state index contributed by atoms with van der Waals surface area (Å²) in [4.78, 5) is 33.3. The lowest BCUT2D eigenvalue weighted by Gasteiger charge is -2.10. The number of phenols is 1. The summed E-state index contributed by atoms with van der Waals surface area (Å²) < 4.78 is 19.6. The highest BCUT2D eigenvalue weighted by Crippen LogP contribution is 2.20. The summed E-state index contributed by atoms with van der Waals surface area (Å²) in [5, 5.41) is 12.5. The second-order valence-corrected chi connectivity index (χ2v) is 6.54. The number of methoxy groups -OCH3 is 1. The molecule has 2 rings (SSSR count). The van der Waals surface area contributed by atoms with Crippen molar-refractivity contribution in [1.29, 1.82) is 0 Å². The lowest BCUT2D eigenvalue weighted by atomic mass is 10.1. The highest BCUT2D eigenvalue weighted by Gasteiger charge is 2.08. The Kier molecular flexibility index (Phi) is 9.80. The number of phenolic OH excluding ortho intramolecular Hbond substituents is 1. The third-order valence-electron chi connectivity index (χ3n) is 4.08. The van der Waals surface area contributed by atoms with E-state index >= 15 is 0 Å². The van der Waals surface area contributed by atoms with E-state index in [4.69, 9.17) is 22.1 Å². The third-order valence-corrected chi connectivity index (χ3v) is 4.08. The summed E-state index contributed by atoms with van der Waals surface area (Å²) in [5.74, 6) is -0.928. The van der Waals surface area contributed by atoms with Gasteiger partial charge in [0.1, 0.15) is 25.6 Å². The SMILES string of the molecule is [B]C(=O)OC/C(=C/c1ccc(NC(=O)OCc2cc(COC)ccc2O)cc1)COC=O. The second-order valence-electron chi connectivity index (χ2n) is 6.54. The summed E-state index contributed by atoms with van der Waals surface area (Å²) in [7, 11) is 6.51. The number of ether oxygens (including phenoxy) is 4. The quantitative estimate of drug-likeness (QED) is 0.311. The minimum absolute atomic E-state index is 0.0171. The minimum Gasteiger partial charge on any atom is -0.508 e. The van der Waals surface area contributed by atoms with Gasteiger partial charge in [0.2, 0.25) is 13.7 Å². The molecule has 10 heteroatoms. The van der Waals surface area contributed by atoms with Gasteiger partial charge >= 0.3 is 6.09 Å². The molecule has 0 heterocycles. The van der Waals surface area contributed by atoms with Crippen LogP contribution in [0.5, 0.6) is 5.75 Å². The van der Waals surface area contributed by atoms with E-state index in [0.717, 1.165) is 5.56 Å². The van der Waals surface area contributed by atoms with Crippen LogP contribution in [0.25, 0.3) is 6.08 Å². The number of benzene rings is 2. The van der Waals surface area contributed by atoms with Crippen LogP contribution in [0.1, 0.15) is 16.7 Å². The molecule has 32 heavy (non-hydrogen) atoms. The first kappa shape index (κ1) is 24.5. The Morgan fingerprint density at radius 1 is 1.06 bits per heavy atom. The molecule has 2 aromatic carbocycles. The number of nitrogens with one attached hydrogen (secondary N) is 1. The highest BCUT2D eigenvalue weighted by molar-refractivity contribution is 6.55. The van der Waals surface area contributed by atoms with Gasteiger partial charge in [-0.3, -0.25) is 14.9 Å². The highest BCUT2D eigenvalue weighted by atomic mass is 16.5. The minimum atomic E-state index is -0.946. The van der Waals surface area contributed by atoms with E-state index in [1.54, 1.807) is 49.6 Å². The van der Waals surface area contributed by atoms with E-state index < -0.39 is 12.0 Å². The molecule has 0 aromatic heterocycles. The van der Waals surface area contributed by atoms with Crippen LogP contribution in [0, 0.1) is 0 Å². The Morgan fingerprint density at radius 2 is 1.81 bits per heavy atom. The van der Waals surface area contributed by atoms with Crippen molar-refractivity contribution in [3.05, 3.63) is 64.7 Å². The van der Waals surface area contributed by atoms with E-state index in [9.17, 15) is 19.5 Å². The van der Waals surface area contributed by atoms with E-state index in [-0.39, 0.29) is 32.0 Å². The molecular formula is C22H22BNO8. The fourth-order valence-electron chi connectivity index (χ4n) is 2.64. The molecule has 0 saturated heterocycles. The molecule has 2 aromatic rings. The van der Waals surface area contributed by atoms with Crippen LogP contribution in [0.4, 0.5) is 15.3 Å². The molecule has 166 valence electrons. The molecule has 0 spiro atoms. The Balaban J connectivity index is 1.94. The van der Waals surface area contributed by atoms with Gasteiger partial charge in [0.05, 0.1) is 6.61 Å². The van der Waals surface area contributed by atoms with Crippen LogP contribution in [0.2, 0.25) is 0 Å². The van der Waals surface area contributed by atoms with E-state index in [1.807, 2.05) is 0 Å². The predicted molar refractivity (Wildman–Crippen MR) is 116 cm³/mol. The van der Waals surface area contributed by atoms with Crippen molar-refractivity contribution in [3.8, 4) is 5.75 Å². The first-order valence-corrected chi connectivity index (χ1v) is 9.41. The fraction of sp³-hybridized carbons (Fsp3) is 0.227. The zero-order valence-corrected chi connectivity index (χ0v) is 17.4. The van der Waals surface area contributed by atoms with Gasteiger partial charge in [-0.1, -0.05) is 18.2 Å². The number of hydrogen-bond donors (Lipinski definition) is 2. The first-order chi connectivity index (χ1) is 15.4. The maximum Gasteiger partial charge on any atom is 0.411 e. The smallest absolute Gasteiger partial charge is 0.411 e. The van der Waals surface area contributed by atoms with Crippen LogP contribution in [0.15, 0.2) is 48.0 Å². The average molecular weight is 439 g/mol. The van der Waals surface area contributed by atoms with Crippen molar-refractivity contribution in [2.24, 2.45) is 0 Å². The molecule has 0 aliphatic rings. The van der Waals surface area contributed by atoms with Gasteiger partial charge in [-0.15, -0.1) is 0 Å².